The van der Waals surface area contributed by atoms with Gasteiger partial charge in [0.1, 0.15) is 6.04 Å². The first-order chi connectivity index (χ1) is 34.5. The summed E-state index contributed by atoms with van der Waals surface area (Å²) in [6, 6.07) is 40.6. The summed E-state index contributed by atoms with van der Waals surface area (Å²) in [6.45, 7) is 15.9. The van der Waals surface area contributed by atoms with Crippen LogP contribution in [0.2, 0.25) is 0 Å². The van der Waals surface area contributed by atoms with E-state index in [1.165, 1.54) is 32.7 Å². The SMILES string of the molecule is CC(C)CC(N=C=S)C(=O)c1ccc(-c2ccsc2)cc1.CCOC(=O)CCN(Cc1ccccc1)c1nc(-c2ccc(-c3ccsc3)cc2)c(CC(C)C)s1.CCOC(=O)CCNCc1ccccc1. The van der Waals surface area contributed by atoms with Crippen LogP contribution in [0.15, 0.2) is 148 Å². The van der Waals surface area contributed by atoms with Gasteiger partial charge in [-0.1, -0.05) is 137 Å². The molecule has 0 aliphatic heterocycles. The van der Waals surface area contributed by atoms with Crippen molar-refractivity contribution in [3.63, 3.8) is 0 Å². The third kappa shape index (κ3) is 19.3. The molecule has 1 atom stereocenters. The van der Waals surface area contributed by atoms with Crippen molar-refractivity contribution in [2.24, 2.45) is 16.8 Å². The minimum absolute atomic E-state index is 0.0120. The number of thiazole rings is 1. The average molecular weight is 1030 g/mol. The molecule has 7 aromatic rings. The number of benzene rings is 4. The molecule has 0 aliphatic carbocycles. The second-order valence-corrected chi connectivity index (χ2v) is 20.3. The van der Waals surface area contributed by atoms with Crippen molar-refractivity contribution in [2.45, 2.75) is 86.4 Å². The second-order valence-electron chi connectivity index (χ2n) is 17.5. The Balaban J connectivity index is 0.000000220. The molecule has 0 amide bonds. The van der Waals surface area contributed by atoms with E-state index in [0.29, 0.717) is 69.5 Å². The molecule has 13 heteroatoms. The Bertz CT molecular complexity index is 2660. The lowest BCUT2D eigenvalue weighted by atomic mass is 9.95. The Labute approximate surface area is 438 Å². The number of esters is 2. The Morgan fingerprint density at radius 1 is 0.690 bits per heavy atom. The highest BCUT2D eigenvalue weighted by Crippen LogP contribution is 2.37. The highest BCUT2D eigenvalue weighted by Gasteiger charge is 2.22. The van der Waals surface area contributed by atoms with Crippen LogP contribution in [0.5, 0.6) is 0 Å². The van der Waals surface area contributed by atoms with E-state index in [0.717, 1.165) is 34.9 Å². The number of ether oxygens (including phenoxy) is 2. The molecule has 0 radical (unpaired) electrons. The third-order valence-electron chi connectivity index (χ3n) is 10.9. The van der Waals surface area contributed by atoms with Crippen LogP contribution in [-0.4, -0.2) is 60.2 Å². The Morgan fingerprint density at radius 2 is 1.24 bits per heavy atom. The Morgan fingerprint density at radius 3 is 1.76 bits per heavy atom. The van der Waals surface area contributed by atoms with Crippen molar-refractivity contribution >= 4 is 74.2 Å². The maximum atomic E-state index is 12.5. The lowest BCUT2D eigenvalue weighted by Crippen LogP contribution is -2.26. The van der Waals surface area contributed by atoms with Gasteiger partial charge >= 0.3 is 11.9 Å². The van der Waals surface area contributed by atoms with E-state index in [-0.39, 0.29) is 17.7 Å². The fourth-order valence-electron chi connectivity index (χ4n) is 7.39. The Kier molecular flexibility index (Phi) is 24.2. The predicted octanol–water partition coefficient (Wildman–Crippen LogP) is 14.5. The molecule has 0 spiro atoms. The first-order valence-electron chi connectivity index (χ1n) is 24.2. The molecular weight excluding hydrogens is 961 g/mol. The summed E-state index contributed by atoms with van der Waals surface area (Å²) >= 11 is 9.77. The number of hydrogen-bond donors (Lipinski definition) is 1. The summed E-state index contributed by atoms with van der Waals surface area (Å²) in [7, 11) is 0. The molecule has 3 heterocycles. The number of carbonyl (C=O) groups excluding carboxylic acids is 3. The molecular formula is C58H66N4O5S4. The predicted molar refractivity (Wildman–Crippen MR) is 300 cm³/mol. The maximum Gasteiger partial charge on any atom is 0.307 e. The number of aromatic nitrogens is 1. The van der Waals surface area contributed by atoms with Gasteiger partial charge in [0.25, 0.3) is 0 Å². The van der Waals surface area contributed by atoms with E-state index >= 15 is 0 Å². The van der Waals surface area contributed by atoms with Crippen LogP contribution in [0.4, 0.5) is 5.13 Å². The number of ketones is 1. The van der Waals surface area contributed by atoms with Crippen LogP contribution in [0, 0.1) is 11.8 Å². The minimum atomic E-state index is -0.422. The van der Waals surface area contributed by atoms with E-state index in [9.17, 15) is 14.4 Å². The number of nitrogens with one attached hydrogen (secondary N) is 1. The van der Waals surface area contributed by atoms with Gasteiger partial charge in [-0.25, -0.2) is 9.98 Å². The van der Waals surface area contributed by atoms with Gasteiger partial charge in [0, 0.05) is 42.2 Å². The molecule has 3 aromatic heterocycles. The molecule has 0 bridgehead atoms. The number of anilines is 1. The van der Waals surface area contributed by atoms with Crippen LogP contribution in [0.3, 0.4) is 0 Å². The van der Waals surface area contributed by atoms with Gasteiger partial charge in [0.2, 0.25) is 0 Å². The summed E-state index contributed by atoms with van der Waals surface area (Å²) < 4.78 is 10.0. The number of nitrogens with zero attached hydrogens (tertiary/aromatic N) is 3. The number of thiophene rings is 2. The van der Waals surface area contributed by atoms with E-state index in [2.05, 4.69) is 137 Å². The van der Waals surface area contributed by atoms with Gasteiger partial charge in [-0.05, 0) is 118 Å². The third-order valence-corrected chi connectivity index (χ3v) is 13.5. The molecule has 0 fully saturated rings. The van der Waals surface area contributed by atoms with Crippen molar-refractivity contribution in [1.82, 2.24) is 10.3 Å². The number of Topliss-reactive ketones (excluding diaryl/α,β-unsaturated/α-hetero) is 1. The number of thiocarbonyl (C=S) groups is 1. The monoisotopic (exact) mass is 1030 g/mol. The molecule has 71 heavy (non-hydrogen) atoms. The first kappa shape index (κ1) is 56.0. The van der Waals surface area contributed by atoms with Gasteiger partial charge < -0.3 is 19.7 Å². The second kappa shape index (κ2) is 30.7. The quantitative estimate of drug-likeness (QED) is 0.0220. The van der Waals surface area contributed by atoms with Crippen molar-refractivity contribution in [2.75, 3.05) is 31.2 Å². The van der Waals surface area contributed by atoms with Crippen LogP contribution in [0.25, 0.3) is 33.5 Å². The maximum absolute atomic E-state index is 12.5. The van der Waals surface area contributed by atoms with Crippen LogP contribution < -0.4 is 10.2 Å². The van der Waals surface area contributed by atoms with E-state index in [4.69, 9.17) is 14.5 Å². The summed E-state index contributed by atoms with van der Waals surface area (Å²) in [5, 5.41) is 14.9. The lowest BCUT2D eigenvalue weighted by Gasteiger charge is -2.21. The minimum Gasteiger partial charge on any atom is -0.466 e. The summed E-state index contributed by atoms with van der Waals surface area (Å²) in [6.07, 6.45) is 2.43. The number of isothiocyanates is 1. The largest absolute Gasteiger partial charge is 0.466 e. The van der Waals surface area contributed by atoms with Crippen molar-refractivity contribution < 1.29 is 23.9 Å². The lowest BCUT2D eigenvalue weighted by molar-refractivity contribution is -0.143. The highest BCUT2D eigenvalue weighted by molar-refractivity contribution is 7.78. The van der Waals surface area contributed by atoms with Crippen molar-refractivity contribution in [1.29, 1.82) is 0 Å². The van der Waals surface area contributed by atoms with Gasteiger partial charge in [0.15, 0.2) is 10.9 Å². The van der Waals surface area contributed by atoms with E-state index in [1.54, 1.807) is 34.0 Å². The molecule has 372 valence electrons. The number of carbonyl (C=O) groups is 3. The summed E-state index contributed by atoms with van der Waals surface area (Å²) in [5.74, 6) is 0.607. The number of rotatable bonds is 23. The summed E-state index contributed by atoms with van der Waals surface area (Å²) in [4.78, 5) is 48.3. The van der Waals surface area contributed by atoms with Gasteiger partial charge in [0.05, 0.1) is 36.9 Å². The fraction of sp³-hybridized carbons (Fsp3) is 0.328. The zero-order chi connectivity index (χ0) is 50.8. The Hall–Kier alpha value is -5.92. The molecule has 1 unspecified atom stereocenters. The first-order valence-corrected chi connectivity index (χ1v) is 27.3. The van der Waals surface area contributed by atoms with Crippen molar-refractivity contribution in [3.05, 3.63) is 164 Å². The zero-order valence-corrected chi connectivity index (χ0v) is 44.9. The number of aliphatic imine (C=N–C) groups is 1. The molecule has 1 N–H and O–H groups in total. The smallest absolute Gasteiger partial charge is 0.307 e. The molecule has 0 aliphatic rings. The van der Waals surface area contributed by atoms with E-state index in [1.807, 2.05) is 79.9 Å². The molecule has 0 saturated heterocycles. The average Bonchev–Trinajstić information content (AvgIpc) is 4.20. The van der Waals surface area contributed by atoms with E-state index < -0.39 is 6.04 Å². The molecule has 4 aromatic carbocycles. The van der Waals surface area contributed by atoms with Gasteiger partial charge in [-0.3, -0.25) is 14.4 Å². The van der Waals surface area contributed by atoms with Crippen molar-refractivity contribution in [3.8, 4) is 33.5 Å². The molecule has 0 saturated carbocycles. The molecule has 9 nitrogen and oxygen atoms in total. The van der Waals surface area contributed by atoms with Crippen LogP contribution >= 0.6 is 46.2 Å². The van der Waals surface area contributed by atoms with Crippen LogP contribution in [-0.2, 0) is 38.6 Å². The molecule has 7 rings (SSSR count). The van der Waals surface area contributed by atoms with Gasteiger partial charge in [-0.2, -0.15) is 22.7 Å². The normalized spacial score (nSPS) is 11.1. The fourth-order valence-corrected chi connectivity index (χ4v) is 10.2. The standard InChI is InChI=1S/C29H32N2O2S2.C17H17NOS2.C12H17NO2/c1-4-33-27(32)14-16-31(19-22-8-6-5-7-9-22)29-30-28(26(35-29)18-21(2)3)24-12-10-23(11-13-24)25-15-17-34-20-25;1-12(2)9-16(18-11-20)17(19)14-5-3-13(4-6-14)15-7-8-21-10-15;1-2-15-12(14)8-9-13-10-11-6-4-3-5-7-11/h5-13,15,17,20-21H,4,14,16,18-19H2,1-3H3;3-8,10,12,16H,9H2,1-2H3;3-7,13H,2,8-10H2,1H3. The summed E-state index contributed by atoms with van der Waals surface area (Å²) in [5.41, 5.74) is 10.0. The highest BCUT2D eigenvalue weighted by atomic mass is 32.1. The van der Waals surface area contributed by atoms with Gasteiger partial charge in [-0.15, -0.1) is 11.3 Å². The zero-order valence-electron chi connectivity index (χ0n) is 41.7. The number of hydrogen-bond acceptors (Lipinski definition) is 13. The van der Waals surface area contributed by atoms with Crippen LogP contribution in [0.1, 0.15) is 87.2 Å². The topological polar surface area (TPSA) is 110 Å².